The van der Waals surface area contributed by atoms with Gasteiger partial charge in [-0.15, -0.1) is 11.8 Å². The zero-order chi connectivity index (χ0) is 17.6. The molecule has 0 spiro atoms. The van der Waals surface area contributed by atoms with E-state index in [4.69, 9.17) is 11.6 Å². The molecule has 0 aliphatic heterocycles. The van der Waals surface area contributed by atoms with Crippen molar-refractivity contribution in [2.24, 2.45) is 5.10 Å². The van der Waals surface area contributed by atoms with E-state index in [0.29, 0.717) is 5.02 Å². The summed E-state index contributed by atoms with van der Waals surface area (Å²) < 4.78 is 0. The molecule has 25 heavy (non-hydrogen) atoms. The van der Waals surface area contributed by atoms with E-state index in [0.717, 1.165) is 21.2 Å². The number of hydrogen-bond acceptors (Lipinski definition) is 3. The van der Waals surface area contributed by atoms with E-state index in [1.807, 2.05) is 61.5 Å². The van der Waals surface area contributed by atoms with Gasteiger partial charge in [0, 0.05) is 15.5 Å². The lowest BCUT2D eigenvalue weighted by atomic mass is 10.1. The van der Waals surface area contributed by atoms with Crippen LogP contribution in [0.1, 0.15) is 12.5 Å². The third-order valence-corrected chi connectivity index (χ3v) is 5.06. The molecule has 0 fully saturated rings. The monoisotopic (exact) mass is 368 g/mol. The molecule has 0 aliphatic carbocycles. The van der Waals surface area contributed by atoms with Crippen molar-refractivity contribution < 1.29 is 4.79 Å². The van der Waals surface area contributed by atoms with Crippen LogP contribution in [0.5, 0.6) is 0 Å². The second-order valence-corrected chi connectivity index (χ2v) is 7.37. The first-order valence-electron chi connectivity index (χ1n) is 7.86. The minimum absolute atomic E-state index is 0.142. The van der Waals surface area contributed by atoms with Gasteiger partial charge in [-0.3, -0.25) is 4.79 Å². The molecule has 3 aromatic rings. The molecule has 0 heterocycles. The summed E-state index contributed by atoms with van der Waals surface area (Å²) in [5.41, 5.74) is 3.58. The van der Waals surface area contributed by atoms with Crippen LogP contribution in [-0.2, 0) is 4.79 Å². The quantitative estimate of drug-likeness (QED) is 0.385. The molecule has 1 atom stereocenters. The van der Waals surface area contributed by atoms with Gasteiger partial charge in [0.1, 0.15) is 0 Å². The maximum Gasteiger partial charge on any atom is 0.253 e. The Morgan fingerprint density at radius 1 is 1.08 bits per heavy atom. The number of carbonyl (C=O) groups excluding carboxylic acids is 1. The molecule has 0 saturated heterocycles. The molecule has 3 rings (SSSR count). The number of thioether (sulfide) groups is 1. The molecule has 0 aliphatic rings. The van der Waals surface area contributed by atoms with E-state index < -0.39 is 0 Å². The van der Waals surface area contributed by atoms with Crippen molar-refractivity contribution in [1.82, 2.24) is 5.43 Å². The summed E-state index contributed by atoms with van der Waals surface area (Å²) >= 11 is 7.34. The molecule has 3 nitrogen and oxygen atoms in total. The minimum Gasteiger partial charge on any atom is -0.272 e. The molecule has 0 unspecified atom stereocenters. The van der Waals surface area contributed by atoms with Crippen LogP contribution in [0.15, 0.2) is 76.7 Å². The van der Waals surface area contributed by atoms with E-state index in [-0.39, 0.29) is 11.2 Å². The zero-order valence-corrected chi connectivity index (χ0v) is 15.2. The third-order valence-electron chi connectivity index (χ3n) is 3.70. The van der Waals surface area contributed by atoms with Gasteiger partial charge >= 0.3 is 0 Å². The first kappa shape index (κ1) is 17.5. The average molecular weight is 369 g/mol. The zero-order valence-electron chi connectivity index (χ0n) is 13.6. The highest BCUT2D eigenvalue weighted by atomic mass is 35.5. The highest BCUT2D eigenvalue weighted by Crippen LogP contribution is 2.24. The van der Waals surface area contributed by atoms with Gasteiger partial charge in [-0.1, -0.05) is 54.1 Å². The molecular formula is C20H17ClN2OS. The first-order chi connectivity index (χ1) is 12.1. The number of hydrogen-bond donors (Lipinski definition) is 1. The number of benzene rings is 3. The van der Waals surface area contributed by atoms with Gasteiger partial charge in [-0.2, -0.15) is 5.10 Å². The summed E-state index contributed by atoms with van der Waals surface area (Å²) in [4.78, 5) is 13.2. The van der Waals surface area contributed by atoms with Crippen LogP contribution >= 0.6 is 23.4 Å². The topological polar surface area (TPSA) is 41.5 Å². The fraction of sp³-hybridized carbons (Fsp3) is 0.100. The number of halogens is 1. The molecule has 5 heteroatoms. The van der Waals surface area contributed by atoms with E-state index in [9.17, 15) is 4.79 Å². The van der Waals surface area contributed by atoms with Gasteiger partial charge < -0.3 is 0 Å². The molecule has 126 valence electrons. The van der Waals surface area contributed by atoms with E-state index in [1.165, 1.54) is 11.8 Å². The average Bonchev–Trinajstić information content (AvgIpc) is 2.63. The molecule has 3 aromatic carbocycles. The van der Waals surface area contributed by atoms with Crippen LogP contribution in [0.3, 0.4) is 0 Å². The van der Waals surface area contributed by atoms with Crippen LogP contribution in [-0.4, -0.2) is 17.4 Å². The molecule has 1 N–H and O–H groups in total. The molecule has 1 amide bonds. The van der Waals surface area contributed by atoms with Crippen molar-refractivity contribution in [3.8, 4) is 0 Å². The largest absolute Gasteiger partial charge is 0.272 e. The normalized spacial score (nSPS) is 12.4. The highest BCUT2D eigenvalue weighted by molar-refractivity contribution is 8.00. The van der Waals surface area contributed by atoms with Crippen molar-refractivity contribution in [2.45, 2.75) is 17.1 Å². The predicted octanol–water partition coefficient (Wildman–Crippen LogP) is 5.12. The van der Waals surface area contributed by atoms with E-state index in [2.05, 4.69) is 22.7 Å². The van der Waals surface area contributed by atoms with Crippen LogP contribution < -0.4 is 5.43 Å². The summed E-state index contributed by atoms with van der Waals surface area (Å²) in [5.74, 6) is -0.142. The predicted molar refractivity (Wildman–Crippen MR) is 106 cm³/mol. The van der Waals surface area contributed by atoms with Gasteiger partial charge in [0.2, 0.25) is 0 Å². The molecular weight excluding hydrogens is 352 g/mol. The van der Waals surface area contributed by atoms with Crippen molar-refractivity contribution >= 4 is 46.3 Å². The van der Waals surface area contributed by atoms with E-state index in [1.54, 1.807) is 6.21 Å². The Kier molecular flexibility index (Phi) is 5.74. The minimum atomic E-state index is -0.258. The summed E-state index contributed by atoms with van der Waals surface area (Å²) in [5, 5.41) is 6.78. The maximum atomic E-state index is 12.2. The van der Waals surface area contributed by atoms with Crippen LogP contribution in [0.25, 0.3) is 10.8 Å². The second-order valence-electron chi connectivity index (χ2n) is 5.52. The van der Waals surface area contributed by atoms with Crippen molar-refractivity contribution in [3.63, 3.8) is 0 Å². The third kappa shape index (κ3) is 4.62. The van der Waals surface area contributed by atoms with Crippen LogP contribution in [0.4, 0.5) is 0 Å². The number of fused-ring (bicyclic) bond motifs is 1. The summed E-state index contributed by atoms with van der Waals surface area (Å²) in [6, 6.07) is 21.5. The SMILES string of the molecule is C[C@@H](Sc1ccc(Cl)cc1)C(=O)N/N=C\c1cccc2ccccc12. The summed E-state index contributed by atoms with van der Waals surface area (Å²) in [6.45, 7) is 1.85. The number of nitrogens with one attached hydrogen (secondary N) is 1. The van der Waals surface area contributed by atoms with Crippen molar-refractivity contribution in [2.75, 3.05) is 0 Å². The standard InChI is InChI=1S/C20H17ClN2OS/c1-14(25-18-11-9-17(21)10-12-18)20(24)23-22-13-16-7-4-6-15-5-2-3-8-19(15)16/h2-14H,1H3,(H,23,24)/b22-13-/t14-/m1/s1. The Balaban J connectivity index is 1.62. The van der Waals surface area contributed by atoms with E-state index >= 15 is 0 Å². The highest BCUT2D eigenvalue weighted by Gasteiger charge is 2.13. The summed E-state index contributed by atoms with van der Waals surface area (Å²) in [6.07, 6.45) is 1.68. The lowest BCUT2D eigenvalue weighted by Gasteiger charge is -2.09. The molecule has 0 saturated carbocycles. The first-order valence-corrected chi connectivity index (χ1v) is 9.12. The Labute approximate surface area is 156 Å². The smallest absolute Gasteiger partial charge is 0.253 e. The fourth-order valence-corrected chi connectivity index (χ4v) is 3.38. The fourth-order valence-electron chi connectivity index (χ4n) is 2.39. The second kappa shape index (κ2) is 8.19. The number of hydrazone groups is 1. The number of rotatable bonds is 5. The lowest BCUT2D eigenvalue weighted by Crippen LogP contribution is -2.26. The maximum absolute atomic E-state index is 12.2. The molecule has 0 radical (unpaired) electrons. The van der Waals surface area contributed by atoms with Gasteiger partial charge in [0.05, 0.1) is 11.5 Å². The van der Waals surface area contributed by atoms with Crippen LogP contribution in [0.2, 0.25) is 5.02 Å². The molecule has 0 bridgehead atoms. The van der Waals surface area contributed by atoms with Crippen molar-refractivity contribution in [3.05, 3.63) is 77.3 Å². The Morgan fingerprint density at radius 2 is 1.80 bits per heavy atom. The van der Waals surface area contributed by atoms with Gasteiger partial charge in [0.25, 0.3) is 5.91 Å². The lowest BCUT2D eigenvalue weighted by molar-refractivity contribution is -0.120. The Hall–Kier alpha value is -2.30. The van der Waals surface area contributed by atoms with Crippen LogP contribution in [0, 0.1) is 0 Å². The summed E-state index contributed by atoms with van der Waals surface area (Å²) in [7, 11) is 0. The number of carbonyl (C=O) groups is 1. The van der Waals surface area contributed by atoms with Gasteiger partial charge in [-0.25, -0.2) is 5.43 Å². The number of amides is 1. The Bertz CT molecular complexity index is 904. The molecule has 0 aromatic heterocycles. The van der Waals surface area contributed by atoms with Crippen molar-refractivity contribution in [1.29, 1.82) is 0 Å². The van der Waals surface area contributed by atoms with Gasteiger partial charge in [0.15, 0.2) is 0 Å². The Morgan fingerprint density at radius 3 is 2.60 bits per heavy atom. The number of nitrogens with zero attached hydrogens (tertiary/aromatic N) is 1. The van der Waals surface area contributed by atoms with Gasteiger partial charge in [-0.05, 0) is 42.0 Å².